The van der Waals surface area contributed by atoms with E-state index in [-0.39, 0.29) is 17.6 Å². The number of rotatable bonds is 6. The van der Waals surface area contributed by atoms with Gasteiger partial charge >= 0.3 is 0 Å². The molecule has 3 rings (SSSR count). The van der Waals surface area contributed by atoms with Gasteiger partial charge < -0.3 is 15.1 Å². The minimum atomic E-state index is -0.193. The number of amides is 2. The largest absolute Gasteiger partial charge is 0.411 e. The number of aromatic nitrogens is 2. The molecule has 132 valence electrons. The maximum atomic E-state index is 12.0. The van der Waals surface area contributed by atoms with Gasteiger partial charge in [-0.2, -0.15) is 0 Å². The Morgan fingerprint density at radius 2 is 1.62 bits per heavy atom. The monoisotopic (exact) mass is 368 g/mol. The molecule has 1 aromatic heterocycles. The first-order valence-electron chi connectivity index (χ1n) is 7.79. The van der Waals surface area contributed by atoms with Gasteiger partial charge in [-0.3, -0.25) is 9.59 Å². The Bertz CT molecular complexity index is 894. The van der Waals surface area contributed by atoms with E-state index in [0.717, 1.165) is 5.56 Å². The Kier molecular flexibility index (Phi) is 5.65. The fraction of sp³-hybridized carbons (Fsp3) is 0.111. The molecule has 0 bridgehead atoms. The van der Waals surface area contributed by atoms with Crippen molar-refractivity contribution in [3.05, 3.63) is 54.6 Å². The molecule has 0 spiro atoms. The molecule has 7 nitrogen and oxygen atoms in total. The van der Waals surface area contributed by atoms with Gasteiger partial charge in [0.05, 0.1) is 5.75 Å². The SMILES string of the molecule is CC(=O)Nc1ccc(NC(=O)CSc2nnc(-c3ccccc3)o2)cc1. The van der Waals surface area contributed by atoms with E-state index < -0.39 is 0 Å². The minimum absolute atomic E-state index is 0.143. The number of carbonyl (C=O) groups excluding carboxylic acids is 2. The van der Waals surface area contributed by atoms with E-state index in [1.165, 1.54) is 18.7 Å². The van der Waals surface area contributed by atoms with Crippen LogP contribution in [0.5, 0.6) is 0 Å². The van der Waals surface area contributed by atoms with Gasteiger partial charge in [-0.15, -0.1) is 10.2 Å². The highest BCUT2D eigenvalue weighted by Crippen LogP contribution is 2.23. The number of nitrogens with one attached hydrogen (secondary N) is 2. The van der Waals surface area contributed by atoms with Crippen LogP contribution in [-0.4, -0.2) is 27.8 Å². The summed E-state index contributed by atoms with van der Waals surface area (Å²) in [6.07, 6.45) is 0. The molecule has 0 aliphatic carbocycles. The Morgan fingerprint density at radius 3 is 2.27 bits per heavy atom. The van der Waals surface area contributed by atoms with Crippen molar-refractivity contribution in [2.24, 2.45) is 0 Å². The zero-order valence-corrected chi connectivity index (χ0v) is 14.7. The third-order valence-corrected chi connectivity index (χ3v) is 4.06. The predicted molar refractivity (Wildman–Crippen MR) is 99.8 cm³/mol. The van der Waals surface area contributed by atoms with Gasteiger partial charge in [-0.05, 0) is 36.4 Å². The second kappa shape index (κ2) is 8.30. The molecule has 3 aromatic rings. The predicted octanol–water partition coefficient (Wildman–Crippen LogP) is 3.43. The normalized spacial score (nSPS) is 10.3. The maximum absolute atomic E-state index is 12.0. The molecule has 0 unspecified atom stereocenters. The van der Waals surface area contributed by atoms with Gasteiger partial charge in [0.15, 0.2) is 0 Å². The second-order valence-corrected chi connectivity index (χ2v) is 6.26. The fourth-order valence-corrected chi connectivity index (χ4v) is 2.69. The number of benzene rings is 2. The third kappa shape index (κ3) is 4.93. The fourth-order valence-electron chi connectivity index (χ4n) is 2.13. The van der Waals surface area contributed by atoms with Crippen LogP contribution in [0.15, 0.2) is 64.2 Å². The lowest BCUT2D eigenvalue weighted by molar-refractivity contribution is -0.114. The van der Waals surface area contributed by atoms with Gasteiger partial charge in [-0.1, -0.05) is 30.0 Å². The first kappa shape index (κ1) is 17.7. The molecule has 2 aromatic carbocycles. The maximum Gasteiger partial charge on any atom is 0.277 e. The molecule has 0 aliphatic heterocycles. The standard InChI is InChI=1S/C18H16N4O3S/c1-12(23)19-14-7-9-15(10-8-14)20-16(24)11-26-18-22-21-17(25-18)13-5-3-2-4-6-13/h2-10H,11H2,1H3,(H,19,23)(H,20,24). The summed E-state index contributed by atoms with van der Waals surface area (Å²) in [5.41, 5.74) is 2.14. The van der Waals surface area contributed by atoms with Gasteiger partial charge in [0.2, 0.25) is 17.7 Å². The highest BCUT2D eigenvalue weighted by molar-refractivity contribution is 7.99. The molecule has 0 atom stereocenters. The Hall–Kier alpha value is -3.13. The molecule has 1 heterocycles. The lowest BCUT2D eigenvalue weighted by Gasteiger charge is -2.06. The van der Waals surface area contributed by atoms with Gasteiger partial charge in [0.25, 0.3) is 5.22 Å². The minimum Gasteiger partial charge on any atom is -0.411 e. The van der Waals surface area contributed by atoms with Crippen molar-refractivity contribution in [1.29, 1.82) is 0 Å². The summed E-state index contributed by atoms with van der Waals surface area (Å²) in [5, 5.41) is 13.7. The van der Waals surface area contributed by atoms with Crippen molar-refractivity contribution in [2.45, 2.75) is 12.1 Å². The van der Waals surface area contributed by atoms with Gasteiger partial charge in [0.1, 0.15) is 0 Å². The number of carbonyl (C=O) groups is 2. The number of hydrogen-bond acceptors (Lipinski definition) is 6. The lowest BCUT2D eigenvalue weighted by atomic mass is 10.2. The van der Waals surface area contributed by atoms with Gasteiger partial charge in [0, 0.05) is 23.9 Å². The van der Waals surface area contributed by atoms with Crippen molar-refractivity contribution in [2.75, 3.05) is 16.4 Å². The molecular formula is C18H16N4O3S. The molecule has 26 heavy (non-hydrogen) atoms. The molecule has 0 radical (unpaired) electrons. The van der Waals surface area contributed by atoms with Crippen LogP contribution < -0.4 is 10.6 Å². The van der Waals surface area contributed by atoms with E-state index >= 15 is 0 Å². The summed E-state index contributed by atoms with van der Waals surface area (Å²) in [6.45, 7) is 1.44. The van der Waals surface area contributed by atoms with Crippen LogP contribution in [0.3, 0.4) is 0 Å². The smallest absolute Gasteiger partial charge is 0.277 e. The summed E-state index contributed by atoms with van der Waals surface area (Å²) in [7, 11) is 0. The first-order valence-corrected chi connectivity index (χ1v) is 8.78. The summed E-state index contributed by atoms with van der Waals surface area (Å²) < 4.78 is 5.54. The van der Waals surface area contributed by atoms with E-state index in [1.807, 2.05) is 30.3 Å². The number of thioether (sulfide) groups is 1. The van der Waals surface area contributed by atoms with Crippen molar-refractivity contribution in [1.82, 2.24) is 10.2 Å². The molecule has 0 aliphatic rings. The van der Waals surface area contributed by atoms with E-state index in [9.17, 15) is 9.59 Å². The molecule has 0 saturated carbocycles. The number of nitrogens with zero attached hydrogens (tertiary/aromatic N) is 2. The molecule has 8 heteroatoms. The Morgan fingerprint density at radius 1 is 0.962 bits per heavy atom. The van der Waals surface area contributed by atoms with Crippen molar-refractivity contribution >= 4 is 35.0 Å². The van der Waals surface area contributed by atoms with Crippen LogP contribution in [0.1, 0.15) is 6.92 Å². The van der Waals surface area contributed by atoms with E-state index in [2.05, 4.69) is 20.8 Å². The van der Waals surface area contributed by atoms with E-state index in [4.69, 9.17) is 4.42 Å². The molecule has 0 saturated heterocycles. The highest BCUT2D eigenvalue weighted by Gasteiger charge is 2.11. The van der Waals surface area contributed by atoms with Crippen molar-refractivity contribution in [3.63, 3.8) is 0 Å². The van der Waals surface area contributed by atoms with Crippen LogP contribution in [0.4, 0.5) is 11.4 Å². The van der Waals surface area contributed by atoms with Crippen molar-refractivity contribution < 1.29 is 14.0 Å². The Labute approximate surface area is 154 Å². The molecule has 0 fully saturated rings. The molecule has 2 amide bonds. The lowest BCUT2D eigenvalue weighted by Crippen LogP contribution is -2.14. The summed E-state index contributed by atoms with van der Waals surface area (Å²) in [6, 6.07) is 16.3. The summed E-state index contributed by atoms with van der Waals surface area (Å²) in [5.74, 6) is 0.223. The average Bonchev–Trinajstić information content (AvgIpc) is 3.11. The number of anilines is 2. The van der Waals surface area contributed by atoms with E-state index in [0.29, 0.717) is 22.5 Å². The first-order chi connectivity index (χ1) is 12.6. The molecule has 2 N–H and O–H groups in total. The van der Waals surface area contributed by atoms with Crippen molar-refractivity contribution in [3.8, 4) is 11.5 Å². The number of hydrogen-bond donors (Lipinski definition) is 2. The van der Waals surface area contributed by atoms with Crippen LogP contribution in [-0.2, 0) is 9.59 Å². The van der Waals surface area contributed by atoms with E-state index in [1.54, 1.807) is 24.3 Å². The van der Waals surface area contributed by atoms with Crippen LogP contribution in [0.25, 0.3) is 11.5 Å². The van der Waals surface area contributed by atoms with Crippen LogP contribution in [0.2, 0.25) is 0 Å². The average molecular weight is 368 g/mol. The summed E-state index contributed by atoms with van der Waals surface area (Å²) >= 11 is 1.17. The topological polar surface area (TPSA) is 97.1 Å². The third-order valence-electron chi connectivity index (χ3n) is 3.24. The van der Waals surface area contributed by atoms with Gasteiger partial charge in [-0.25, -0.2) is 0 Å². The van der Waals surface area contributed by atoms with Crippen LogP contribution in [0, 0.1) is 0 Å². The molecular weight excluding hydrogens is 352 g/mol. The summed E-state index contributed by atoms with van der Waals surface area (Å²) in [4.78, 5) is 23.0. The second-order valence-electron chi connectivity index (χ2n) is 5.33. The Balaban J connectivity index is 1.51. The zero-order valence-electron chi connectivity index (χ0n) is 13.9. The quantitative estimate of drug-likeness (QED) is 0.647. The van der Waals surface area contributed by atoms with Crippen LogP contribution >= 0.6 is 11.8 Å². The highest BCUT2D eigenvalue weighted by atomic mass is 32.2. The zero-order chi connectivity index (χ0) is 18.4.